The highest BCUT2D eigenvalue weighted by molar-refractivity contribution is 5.49. The molecular weight excluding hydrogens is 228 g/mol. The van der Waals surface area contributed by atoms with Gasteiger partial charge in [0.1, 0.15) is 5.82 Å². The molecule has 1 N–H and O–H groups in total. The Morgan fingerprint density at radius 3 is 3.06 bits per heavy atom. The molecule has 2 heterocycles. The number of nitrogens with one attached hydrogen (secondary N) is 1. The highest BCUT2D eigenvalue weighted by Crippen LogP contribution is 2.23. The fourth-order valence-corrected chi connectivity index (χ4v) is 2.19. The molecule has 0 aromatic carbocycles. The average Bonchev–Trinajstić information content (AvgIpc) is 2.86. The largest absolute Gasteiger partial charge is 0.380 e. The number of methoxy groups -OCH3 is 1. The summed E-state index contributed by atoms with van der Waals surface area (Å²) >= 11 is 0. The first-order chi connectivity index (χ1) is 8.74. The fraction of sp³-hybridized carbons (Fsp3) is 0.692. The minimum absolute atomic E-state index is 0.325. The molecule has 0 saturated carbocycles. The smallest absolute Gasteiger partial charge is 0.224 e. The normalized spacial score (nSPS) is 19.3. The zero-order valence-corrected chi connectivity index (χ0v) is 11.4. The Balaban J connectivity index is 2.11. The first kappa shape index (κ1) is 13.1. The maximum atomic E-state index is 5.40. The van der Waals surface area contributed by atoms with Gasteiger partial charge in [-0.2, -0.15) is 4.98 Å². The molecule has 100 valence electrons. The van der Waals surface area contributed by atoms with Gasteiger partial charge in [-0.05, 0) is 19.8 Å². The summed E-state index contributed by atoms with van der Waals surface area (Å²) in [6.07, 6.45) is 4.35. The van der Waals surface area contributed by atoms with Gasteiger partial charge in [0.2, 0.25) is 5.95 Å². The second kappa shape index (κ2) is 6.00. The van der Waals surface area contributed by atoms with Crippen molar-refractivity contribution in [1.29, 1.82) is 0 Å². The Labute approximate surface area is 109 Å². The zero-order valence-electron chi connectivity index (χ0n) is 11.4. The van der Waals surface area contributed by atoms with Crippen LogP contribution in [0.3, 0.4) is 0 Å². The van der Waals surface area contributed by atoms with Crippen molar-refractivity contribution in [3.05, 3.63) is 11.8 Å². The van der Waals surface area contributed by atoms with E-state index in [0.717, 1.165) is 49.8 Å². The van der Waals surface area contributed by atoms with Gasteiger partial charge in [0.25, 0.3) is 0 Å². The lowest BCUT2D eigenvalue weighted by atomic mass is 10.3. The lowest BCUT2D eigenvalue weighted by molar-refractivity contribution is 0.121. The first-order valence-electron chi connectivity index (χ1n) is 6.59. The maximum absolute atomic E-state index is 5.40. The van der Waals surface area contributed by atoms with Gasteiger partial charge in [0.15, 0.2) is 0 Å². The minimum atomic E-state index is 0.325. The standard InChI is InChI=1S/C13H22N4O/c1-4-6-14-13-15-8-10(2)12(16-13)17-7-5-11(9-17)18-3/h8,11H,4-7,9H2,1-3H3,(H,14,15,16). The summed E-state index contributed by atoms with van der Waals surface area (Å²) in [4.78, 5) is 11.2. The van der Waals surface area contributed by atoms with Crippen molar-refractivity contribution in [1.82, 2.24) is 9.97 Å². The fourth-order valence-electron chi connectivity index (χ4n) is 2.19. The molecule has 5 heteroatoms. The molecule has 5 nitrogen and oxygen atoms in total. The molecule has 0 aliphatic carbocycles. The van der Waals surface area contributed by atoms with Crippen LogP contribution < -0.4 is 10.2 Å². The van der Waals surface area contributed by atoms with Crippen LogP contribution in [-0.4, -0.2) is 42.8 Å². The Bertz CT molecular complexity index is 397. The third-order valence-electron chi connectivity index (χ3n) is 3.26. The predicted octanol–water partition coefficient (Wildman–Crippen LogP) is 1.83. The molecule has 1 fully saturated rings. The summed E-state index contributed by atoms with van der Waals surface area (Å²) in [6, 6.07) is 0. The van der Waals surface area contributed by atoms with E-state index in [1.807, 2.05) is 6.20 Å². The molecule has 18 heavy (non-hydrogen) atoms. The molecule has 0 amide bonds. The van der Waals surface area contributed by atoms with Crippen LogP contribution in [0.5, 0.6) is 0 Å². The molecule has 1 saturated heterocycles. The van der Waals surface area contributed by atoms with E-state index in [9.17, 15) is 0 Å². The van der Waals surface area contributed by atoms with Crippen LogP contribution in [-0.2, 0) is 4.74 Å². The van der Waals surface area contributed by atoms with Crippen molar-refractivity contribution in [2.75, 3.05) is 37.0 Å². The Morgan fingerprint density at radius 2 is 2.39 bits per heavy atom. The van der Waals surface area contributed by atoms with Crippen molar-refractivity contribution in [3.63, 3.8) is 0 Å². The molecule has 1 aromatic rings. The van der Waals surface area contributed by atoms with Crippen LogP contribution in [0.15, 0.2) is 6.20 Å². The first-order valence-corrected chi connectivity index (χ1v) is 6.59. The van der Waals surface area contributed by atoms with Gasteiger partial charge in [-0.1, -0.05) is 6.92 Å². The topological polar surface area (TPSA) is 50.3 Å². The van der Waals surface area contributed by atoms with E-state index in [0.29, 0.717) is 6.10 Å². The molecule has 1 atom stereocenters. The second-order valence-electron chi connectivity index (χ2n) is 4.72. The third kappa shape index (κ3) is 2.90. The van der Waals surface area contributed by atoms with E-state index >= 15 is 0 Å². The van der Waals surface area contributed by atoms with Gasteiger partial charge in [0.05, 0.1) is 6.10 Å². The summed E-state index contributed by atoms with van der Waals surface area (Å²) in [5.41, 5.74) is 1.12. The number of aryl methyl sites for hydroxylation is 1. The average molecular weight is 250 g/mol. The number of ether oxygens (including phenoxy) is 1. The molecular formula is C13H22N4O. The summed E-state index contributed by atoms with van der Waals surface area (Å²) in [5, 5.41) is 3.23. The summed E-state index contributed by atoms with van der Waals surface area (Å²) < 4.78 is 5.40. The van der Waals surface area contributed by atoms with Gasteiger partial charge >= 0.3 is 0 Å². The predicted molar refractivity (Wildman–Crippen MR) is 73.2 cm³/mol. The van der Waals surface area contributed by atoms with Crippen molar-refractivity contribution < 1.29 is 4.74 Å². The molecule has 1 aliphatic heterocycles. The van der Waals surface area contributed by atoms with E-state index < -0.39 is 0 Å². The van der Waals surface area contributed by atoms with Gasteiger partial charge < -0.3 is 15.0 Å². The number of nitrogens with zero attached hydrogens (tertiary/aromatic N) is 3. The molecule has 0 bridgehead atoms. The lowest BCUT2D eigenvalue weighted by Gasteiger charge is -2.19. The highest BCUT2D eigenvalue weighted by Gasteiger charge is 2.24. The number of anilines is 2. The molecule has 1 unspecified atom stereocenters. The van der Waals surface area contributed by atoms with Crippen LogP contribution in [0.2, 0.25) is 0 Å². The molecule has 0 radical (unpaired) electrons. The van der Waals surface area contributed by atoms with Gasteiger partial charge in [0, 0.05) is 38.5 Å². The summed E-state index contributed by atoms with van der Waals surface area (Å²) in [5.74, 6) is 1.75. The van der Waals surface area contributed by atoms with Crippen molar-refractivity contribution in [2.24, 2.45) is 0 Å². The molecule has 1 aromatic heterocycles. The quantitative estimate of drug-likeness (QED) is 0.864. The summed E-state index contributed by atoms with van der Waals surface area (Å²) in [6.45, 7) is 7.01. The molecule has 1 aliphatic rings. The van der Waals surface area contributed by atoms with Crippen LogP contribution in [0.25, 0.3) is 0 Å². The number of hydrogen-bond donors (Lipinski definition) is 1. The zero-order chi connectivity index (χ0) is 13.0. The van der Waals surface area contributed by atoms with Gasteiger partial charge in [-0.25, -0.2) is 4.98 Å². The van der Waals surface area contributed by atoms with E-state index in [1.54, 1.807) is 7.11 Å². The van der Waals surface area contributed by atoms with Crippen LogP contribution in [0.4, 0.5) is 11.8 Å². The Morgan fingerprint density at radius 1 is 1.56 bits per heavy atom. The van der Waals surface area contributed by atoms with E-state index in [1.165, 1.54) is 0 Å². The van der Waals surface area contributed by atoms with Gasteiger partial charge in [-0.3, -0.25) is 0 Å². The van der Waals surface area contributed by atoms with Crippen LogP contribution >= 0.6 is 0 Å². The van der Waals surface area contributed by atoms with Crippen LogP contribution in [0.1, 0.15) is 25.3 Å². The Kier molecular flexibility index (Phi) is 4.36. The Hall–Kier alpha value is -1.36. The molecule has 0 spiro atoms. The third-order valence-corrected chi connectivity index (χ3v) is 3.26. The van der Waals surface area contributed by atoms with Gasteiger partial charge in [-0.15, -0.1) is 0 Å². The van der Waals surface area contributed by atoms with E-state index in [4.69, 9.17) is 4.74 Å². The van der Waals surface area contributed by atoms with E-state index in [-0.39, 0.29) is 0 Å². The minimum Gasteiger partial charge on any atom is -0.380 e. The second-order valence-corrected chi connectivity index (χ2v) is 4.72. The monoisotopic (exact) mass is 250 g/mol. The number of hydrogen-bond acceptors (Lipinski definition) is 5. The lowest BCUT2D eigenvalue weighted by Crippen LogP contribution is -2.24. The van der Waals surface area contributed by atoms with Crippen molar-refractivity contribution in [3.8, 4) is 0 Å². The number of rotatable bonds is 5. The number of aromatic nitrogens is 2. The maximum Gasteiger partial charge on any atom is 0.224 e. The van der Waals surface area contributed by atoms with E-state index in [2.05, 4.69) is 34.0 Å². The summed E-state index contributed by atoms with van der Waals surface area (Å²) in [7, 11) is 1.77. The SMILES string of the molecule is CCCNc1ncc(C)c(N2CCC(OC)C2)n1. The highest BCUT2D eigenvalue weighted by atomic mass is 16.5. The van der Waals surface area contributed by atoms with Crippen molar-refractivity contribution in [2.45, 2.75) is 32.8 Å². The molecule has 2 rings (SSSR count). The van der Waals surface area contributed by atoms with Crippen molar-refractivity contribution >= 4 is 11.8 Å². The van der Waals surface area contributed by atoms with Crippen LogP contribution in [0, 0.1) is 6.92 Å².